The molecular weight excluding hydrogens is 326 g/mol. The van der Waals surface area contributed by atoms with Gasteiger partial charge in [-0.15, -0.1) is 0 Å². The smallest absolute Gasteiger partial charge is 0.349 e. The van der Waals surface area contributed by atoms with Gasteiger partial charge in [-0.05, 0) is 30.0 Å². The summed E-state index contributed by atoms with van der Waals surface area (Å²) in [5, 5.41) is 9.17. The van der Waals surface area contributed by atoms with Crippen molar-refractivity contribution in [3.05, 3.63) is 76.4 Å². The van der Waals surface area contributed by atoms with E-state index in [1.165, 1.54) is 6.08 Å². The van der Waals surface area contributed by atoms with Crippen LogP contribution in [0.1, 0.15) is 46.8 Å². The third-order valence-electron chi connectivity index (χ3n) is 3.96. The Bertz CT molecular complexity index is 854. The van der Waals surface area contributed by atoms with Gasteiger partial charge in [0.05, 0.1) is 0 Å². The van der Waals surface area contributed by atoms with Crippen molar-refractivity contribution < 1.29 is 14.3 Å². The summed E-state index contributed by atoms with van der Waals surface area (Å²) in [7, 11) is 0. The molecule has 0 aliphatic heterocycles. The molecule has 0 N–H and O–H groups in total. The Morgan fingerprint density at radius 2 is 1.69 bits per heavy atom. The van der Waals surface area contributed by atoms with Crippen molar-refractivity contribution >= 4 is 17.8 Å². The van der Waals surface area contributed by atoms with Crippen molar-refractivity contribution in [2.75, 3.05) is 6.61 Å². The molecule has 4 heteroatoms. The van der Waals surface area contributed by atoms with E-state index in [0.717, 1.165) is 16.7 Å². The molecule has 0 spiro atoms. The Morgan fingerprint density at radius 1 is 1.08 bits per heavy atom. The molecule has 0 unspecified atom stereocenters. The number of rotatable bonds is 6. The van der Waals surface area contributed by atoms with Crippen LogP contribution in [0.3, 0.4) is 0 Å². The van der Waals surface area contributed by atoms with Gasteiger partial charge in [0, 0.05) is 5.56 Å². The van der Waals surface area contributed by atoms with E-state index in [1.54, 1.807) is 24.3 Å². The van der Waals surface area contributed by atoms with E-state index in [1.807, 2.05) is 37.3 Å². The lowest BCUT2D eigenvalue weighted by atomic mass is 10.0. The molecule has 132 valence electrons. The number of hydrogen-bond donors (Lipinski definition) is 0. The third-order valence-corrected chi connectivity index (χ3v) is 3.96. The number of carbonyl (C=O) groups is 2. The average molecular weight is 347 g/mol. The summed E-state index contributed by atoms with van der Waals surface area (Å²) < 4.78 is 5.01. The van der Waals surface area contributed by atoms with E-state index in [0.29, 0.717) is 11.5 Å². The second-order valence-electron chi connectivity index (χ2n) is 6.36. The molecule has 0 fully saturated rings. The number of ketones is 1. The van der Waals surface area contributed by atoms with Gasteiger partial charge in [0.25, 0.3) is 0 Å². The number of nitrogens with zero attached hydrogens (tertiary/aromatic N) is 1. The van der Waals surface area contributed by atoms with E-state index in [9.17, 15) is 14.9 Å². The molecule has 0 saturated carbocycles. The van der Waals surface area contributed by atoms with Crippen molar-refractivity contribution in [2.24, 2.45) is 0 Å². The van der Waals surface area contributed by atoms with E-state index in [2.05, 4.69) is 13.8 Å². The van der Waals surface area contributed by atoms with Crippen molar-refractivity contribution in [3.8, 4) is 6.07 Å². The van der Waals surface area contributed by atoms with Gasteiger partial charge in [0.2, 0.25) is 0 Å². The fourth-order valence-electron chi connectivity index (χ4n) is 2.31. The summed E-state index contributed by atoms with van der Waals surface area (Å²) in [6.07, 6.45) is 1.45. The molecule has 0 heterocycles. The van der Waals surface area contributed by atoms with Gasteiger partial charge in [-0.25, -0.2) is 4.79 Å². The maximum absolute atomic E-state index is 12.2. The highest BCUT2D eigenvalue weighted by Crippen LogP contribution is 2.15. The number of ether oxygens (including phenoxy) is 1. The van der Waals surface area contributed by atoms with Crippen LogP contribution >= 0.6 is 0 Å². The molecule has 0 aliphatic carbocycles. The molecule has 0 aromatic heterocycles. The number of carbonyl (C=O) groups excluding carboxylic acids is 2. The van der Waals surface area contributed by atoms with Crippen LogP contribution in [0.15, 0.2) is 54.1 Å². The topological polar surface area (TPSA) is 67.2 Å². The summed E-state index contributed by atoms with van der Waals surface area (Å²) in [5.74, 6) is -0.733. The van der Waals surface area contributed by atoms with Crippen molar-refractivity contribution in [1.82, 2.24) is 0 Å². The summed E-state index contributed by atoms with van der Waals surface area (Å²) in [4.78, 5) is 24.2. The molecule has 0 radical (unpaired) electrons. The highest BCUT2D eigenvalue weighted by Gasteiger charge is 2.14. The van der Waals surface area contributed by atoms with E-state index < -0.39 is 12.6 Å². The van der Waals surface area contributed by atoms with Gasteiger partial charge in [-0.2, -0.15) is 5.26 Å². The normalized spacial score (nSPS) is 11.1. The molecule has 4 nitrogen and oxygen atoms in total. The SMILES string of the molecule is Cc1ccc(/C=C(\C#N)C(=O)OCC(=O)c2ccc(C(C)C)cc2)cc1. The van der Waals surface area contributed by atoms with Gasteiger partial charge in [0.15, 0.2) is 12.4 Å². The van der Waals surface area contributed by atoms with Crippen molar-refractivity contribution in [2.45, 2.75) is 26.7 Å². The van der Waals surface area contributed by atoms with Crippen LogP contribution in [0.4, 0.5) is 0 Å². The summed E-state index contributed by atoms with van der Waals surface area (Å²) in [6.45, 7) is 5.70. The molecule has 2 rings (SSSR count). The van der Waals surface area contributed by atoms with Crippen LogP contribution in [0.5, 0.6) is 0 Å². The zero-order valence-corrected chi connectivity index (χ0v) is 15.2. The lowest BCUT2D eigenvalue weighted by Crippen LogP contribution is -2.15. The van der Waals surface area contributed by atoms with Crippen LogP contribution in [-0.2, 0) is 9.53 Å². The first-order valence-corrected chi connectivity index (χ1v) is 8.39. The Labute approximate surface area is 153 Å². The molecule has 0 bridgehead atoms. The Balaban J connectivity index is 2.00. The average Bonchev–Trinajstić information content (AvgIpc) is 2.65. The fraction of sp³-hybridized carbons (Fsp3) is 0.227. The number of benzene rings is 2. The molecule has 0 saturated heterocycles. The van der Waals surface area contributed by atoms with Crippen molar-refractivity contribution in [3.63, 3.8) is 0 Å². The molecule has 2 aromatic carbocycles. The minimum atomic E-state index is -0.805. The number of esters is 1. The molecular formula is C22H21NO3. The minimum Gasteiger partial charge on any atom is -0.453 e. The van der Waals surface area contributed by atoms with Crippen LogP contribution in [0.2, 0.25) is 0 Å². The maximum Gasteiger partial charge on any atom is 0.349 e. The number of hydrogen-bond acceptors (Lipinski definition) is 4. The van der Waals surface area contributed by atoms with Crippen molar-refractivity contribution in [1.29, 1.82) is 5.26 Å². The number of Topliss-reactive ketones (excluding diaryl/α,β-unsaturated/α-hetero) is 1. The lowest BCUT2D eigenvalue weighted by molar-refractivity contribution is -0.137. The zero-order chi connectivity index (χ0) is 19.1. The second kappa shape index (κ2) is 8.77. The molecule has 2 aromatic rings. The van der Waals surface area contributed by atoms with E-state index >= 15 is 0 Å². The highest BCUT2D eigenvalue weighted by molar-refractivity contribution is 6.01. The number of aryl methyl sites for hydroxylation is 1. The van der Waals surface area contributed by atoms with Gasteiger partial charge in [-0.3, -0.25) is 4.79 Å². The first kappa shape index (κ1) is 19.1. The van der Waals surface area contributed by atoms with Crippen LogP contribution in [-0.4, -0.2) is 18.4 Å². The van der Waals surface area contributed by atoms with Crippen LogP contribution in [0, 0.1) is 18.3 Å². The van der Waals surface area contributed by atoms with Crippen LogP contribution in [0.25, 0.3) is 6.08 Å². The monoisotopic (exact) mass is 347 g/mol. The Morgan fingerprint density at radius 3 is 2.23 bits per heavy atom. The first-order chi connectivity index (χ1) is 12.4. The second-order valence-corrected chi connectivity index (χ2v) is 6.36. The van der Waals surface area contributed by atoms with Gasteiger partial charge < -0.3 is 4.74 Å². The Kier molecular flexibility index (Phi) is 6.46. The van der Waals surface area contributed by atoms with Gasteiger partial charge in [0.1, 0.15) is 11.6 Å². The Hall–Kier alpha value is -3.19. The molecule has 0 atom stereocenters. The summed E-state index contributed by atoms with van der Waals surface area (Å²) >= 11 is 0. The van der Waals surface area contributed by atoms with E-state index in [4.69, 9.17) is 4.74 Å². The third kappa shape index (κ3) is 5.15. The lowest BCUT2D eigenvalue weighted by Gasteiger charge is -2.07. The quantitative estimate of drug-likeness (QED) is 0.335. The number of nitriles is 1. The standard InChI is InChI=1S/C22H21NO3/c1-15(2)18-8-10-19(11-9-18)21(24)14-26-22(25)20(13-23)12-17-6-4-16(3)5-7-17/h4-12,15H,14H2,1-3H3/b20-12+. The maximum atomic E-state index is 12.2. The van der Waals surface area contributed by atoms with Gasteiger partial charge >= 0.3 is 5.97 Å². The predicted molar refractivity (Wildman–Crippen MR) is 101 cm³/mol. The summed E-state index contributed by atoms with van der Waals surface area (Å²) in [5.41, 5.74) is 3.27. The van der Waals surface area contributed by atoms with Gasteiger partial charge in [-0.1, -0.05) is 67.9 Å². The first-order valence-electron chi connectivity index (χ1n) is 8.39. The van der Waals surface area contributed by atoms with E-state index in [-0.39, 0.29) is 11.4 Å². The molecule has 26 heavy (non-hydrogen) atoms. The fourth-order valence-corrected chi connectivity index (χ4v) is 2.31. The van der Waals surface area contributed by atoms with Crippen LogP contribution < -0.4 is 0 Å². The molecule has 0 aliphatic rings. The minimum absolute atomic E-state index is 0.142. The highest BCUT2D eigenvalue weighted by atomic mass is 16.5. The predicted octanol–water partition coefficient (Wildman–Crippen LogP) is 4.45. The molecule has 0 amide bonds. The summed E-state index contributed by atoms with van der Waals surface area (Å²) in [6, 6.07) is 16.4. The zero-order valence-electron chi connectivity index (χ0n) is 15.2. The largest absolute Gasteiger partial charge is 0.453 e.